The lowest BCUT2D eigenvalue weighted by molar-refractivity contribution is -0.147. The lowest BCUT2D eigenvalue weighted by atomic mass is 9.75. The number of aromatic nitrogens is 1. The van der Waals surface area contributed by atoms with E-state index in [2.05, 4.69) is 56.5 Å². The van der Waals surface area contributed by atoms with Gasteiger partial charge in [-0.15, -0.1) is 0 Å². The van der Waals surface area contributed by atoms with Gasteiger partial charge < -0.3 is 19.1 Å². The summed E-state index contributed by atoms with van der Waals surface area (Å²) < 4.78 is 34.8. The molecule has 46 heavy (non-hydrogen) atoms. The van der Waals surface area contributed by atoms with E-state index in [0.717, 1.165) is 90.5 Å². The minimum atomic E-state index is -3.74. The number of piperazine rings is 1. The molecule has 1 saturated carbocycles. The van der Waals surface area contributed by atoms with Crippen molar-refractivity contribution in [3.8, 4) is 5.75 Å². The summed E-state index contributed by atoms with van der Waals surface area (Å²) in [6.07, 6.45) is 15.0. The molecule has 1 aromatic carbocycles. The number of likely N-dealkylation sites (N-methyl/N-ethyl adjacent to an activating group) is 1. The SMILES string of the molecule is COc1ccc(C2CCCCC2)c2c1cc1n2CC2=C(C(=O)NS(C)(=O)=O)C2=C2C=CC[C@@H](C(=O)N3C4CCCC3CN(C)C4)C21. The van der Waals surface area contributed by atoms with Crippen LogP contribution in [0.25, 0.3) is 10.9 Å². The molecule has 3 aliphatic heterocycles. The van der Waals surface area contributed by atoms with Gasteiger partial charge in [-0.25, -0.2) is 13.1 Å². The summed E-state index contributed by atoms with van der Waals surface area (Å²) in [6, 6.07) is 6.99. The third-order valence-corrected chi connectivity index (χ3v) is 12.0. The quantitative estimate of drug-likeness (QED) is 0.505. The van der Waals surface area contributed by atoms with Crippen molar-refractivity contribution in [2.24, 2.45) is 5.92 Å². The second-order valence-corrected chi connectivity index (χ2v) is 16.2. The van der Waals surface area contributed by atoms with Gasteiger partial charge in [0.05, 0.1) is 30.4 Å². The van der Waals surface area contributed by atoms with Gasteiger partial charge in [-0.3, -0.25) is 9.59 Å². The van der Waals surface area contributed by atoms with Crippen molar-refractivity contribution in [3.63, 3.8) is 0 Å². The maximum atomic E-state index is 14.9. The lowest BCUT2D eigenvalue weighted by Crippen LogP contribution is -2.63. The number of carbonyl (C=O) groups is 2. The van der Waals surface area contributed by atoms with Crippen molar-refractivity contribution in [1.82, 2.24) is 19.1 Å². The van der Waals surface area contributed by atoms with Gasteiger partial charge in [-0.1, -0.05) is 37.5 Å². The van der Waals surface area contributed by atoms with E-state index in [1.165, 1.54) is 24.8 Å². The molecule has 1 N–H and O–H groups in total. The summed E-state index contributed by atoms with van der Waals surface area (Å²) in [5.41, 5.74) is 6.62. The van der Waals surface area contributed by atoms with E-state index in [1.54, 1.807) is 7.11 Å². The number of rotatable bonds is 5. The van der Waals surface area contributed by atoms with Gasteiger partial charge in [-0.05, 0) is 85.9 Å². The Balaban J connectivity index is 1.31. The molecule has 244 valence electrons. The zero-order valence-corrected chi connectivity index (χ0v) is 27.9. The Morgan fingerprint density at radius 3 is 2.43 bits per heavy atom. The average molecular weight is 645 g/mol. The van der Waals surface area contributed by atoms with Gasteiger partial charge >= 0.3 is 0 Å². The van der Waals surface area contributed by atoms with Gasteiger partial charge in [0.15, 0.2) is 0 Å². The van der Waals surface area contributed by atoms with Crippen molar-refractivity contribution in [1.29, 1.82) is 0 Å². The minimum Gasteiger partial charge on any atom is -0.496 e. The summed E-state index contributed by atoms with van der Waals surface area (Å²) in [4.78, 5) is 32.9. The zero-order valence-electron chi connectivity index (χ0n) is 27.0. The molecule has 10 heteroatoms. The topological polar surface area (TPSA) is 101 Å². The molecule has 8 rings (SSSR count). The van der Waals surface area contributed by atoms with E-state index in [1.807, 2.05) is 0 Å². The number of allylic oxidation sites excluding steroid dienone is 4. The van der Waals surface area contributed by atoms with E-state index in [0.29, 0.717) is 24.5 Å². The summed E-state index contributed by atoms with van der Waals surface area (Å²) in [7, 11) is 0.126. The maximum absolute atomic E-state index is 14.9. The molecular weight excluding hydrogens is 600 g/mol. The Bertz CT molecular complexity index is 1830. The zero-order chi connectivity index (χ0) is 31.9. The predicted octanol–water partition coefficient (Wildman–Crippen LogP) is 4.75. The molecule has 3 aliphatic carbocycles. The Kier molecular flexibility index (Phi) is 7.25. The Morgan fingerprint density at radius 2 is 1.74 bits per heavy atom. The molecular formula is C36H44N4O5S. The van der Waals surface area contributed by atoms with Crippen LogP contribution in [0.4, 0.5) is 0 Å². The van der Waals surface area contributed by atoms with Crippen molar-refractivity contribution in [2.45, 2.75) is 88.3 Å². The molecule has 3 unspecified atom stereocenters. The largest absolute Gasteiger partial charge is 0.496 e. The molecule has 1 aromatic heterocycles. The van der Waals surface area contributed by atoms with Crippen LogP contribution < -0.4 is 9.46 Å². The number of benzene rings is 1. The number of ether oxygens (including phenoxy) is 1. The Hall–Kier alpha value is -3.37. The first-order chi connectivity index (χ1) is 22.1. The van der Waals surface area contributed by atoms with Crippen LogP contribution in [0.15, 0.2) is 52.6 Å². The van der Waals surface area contributed by atoms with Crippen LogP contribution in [-0.4, -0.2) is 80.2 Å². The molecule has 0 radical (unpaired) electrons. The normalized spacial score (nSPS) is 28.0. The third kappa shape index (κ3) is 4.86. The van der Waals surface area contributed by atoms with E-state index < -0.39 is 15.9 Å². The summed E-state index contributed by atoms with van der Waals surface area (Å²) in [6.45, 7) is 2.25. The highest BCUT2D eigenvalue weighted by Crippen LogP contribution is 2.55. The van der Waals surface area contributed by atoms with E-state index in [-0.39, 0.29) is 29.8 Å². The first-order valence-corrected chi connectivity index (χ1v) is 18.9. The molecule has 0 spiro atoms. The number of hydrogen-bond acceptors (Lipinski definition) is 6. The van der Waals surface area contributed by atoms with Gasteiger partial charge in [0.1, 0.15) is 5.75 Å². The van der Waals surface area contributed by atoms with Crippen LogP contribution in [0.2, 0.25) is 0 Å². The molecule has 6 aliphatic rings. The number of fused-ring (bicyclic) bond motifs is 8. The van der Waals surface area contributed by atoms with E-state index in [9.17, 15) is 18.0 Å². The fraction of sp³-hybridized carbons (Fsp3) is 0.556. The van der Waals surface area contributed by atoms with Crippen LogP contribution in [0, 0.1) is 5.92 Å². The maximum Gasteiger partial charge on any atom is 0.265 e. The van der Waals surface area contributed by atoms with Gasteiger partial charge in [0.25, 0.3) is 5.91 Å². The highest BCUT2D eigenvalue weighted by atomic mass is 32.2. The van der Waals surface area contributed by atoms with Crippen LogP contribution >= 0.6 is 0 Å². The number of methoxy groups -OCH3 is 1. The number of sulfonamides is 1. The highest BCUT2D eigenvalue weighted by molar-refractivity contribution is 7.89. The van der Waals surface area contributed by atoms with Gasteiger partial charge in [-0.2, -0.15) is 0 Å². The fourth-order valence-electron chi connectivity index (χ4n) is 9.60. The third-order valence-electron chi connectivity index (χ3n) is 11.5. The van der Waals surface area contributed by atoms with Crippen molar-refractivity contribution in [3.05, 3.63) is 63.9 Å². The monoisotopic (exact) mass is 644 g/mol. The molecule has 3 fully saturated rings. The summed E-state index contributed by atoms with van der Waals surface area (Å²) in [5.74, 6) is 0.293. The number of piperidine rings is 1. The molecule has 2 bridgehead atoms. The second kappa shape index (κ2) is 11.1. The standard InChI is InChI=1S/C36H44N4O5S/c1-38-18-22-11-7-12-23(19-38)40(22)36(42)26-14-8-13-25-31(26)29-17-27-30(45-2)16-15-24(21-9-5-4-6-10-21)34(27)39(29)20-28-32(25)33(28)35(41)37-46(3,43)44/h8,13,15-17,21-23,26,31H,4-7,9-12,14,18-20H2,1-3H3,(H,37,41)/t22?,23?,26-,31?/m1/s1. The Labute approximate surface area is 271 Å². The van der Waals surface area contributed by atoms with Crippen molar-refractivity contribution >= 4 is 32.7 Å². The fourth-order valence-corrected chi connectivity index (χ4v) is 10.0. The molecule has 4 heterocycles. The number of nitrogens with one attached hydrogen (secondary N) is 1. The summed E-state index contributed by atoms with van der Waals surface area (Å²) in [5, 5.41) is 1.05. The number of hydrogen-bond donors (Lipinski definition) is 1. The number of likely N-dealkylation sites (tertiary alicyclic amines) is 1. The van der Waals surface area contributed by atoms with Crippen LogP contribution in [0.5, 0.6) is 5.75 Å². The number of nitrogens with zero attached hydrogens (tertiary/aromatic N) is 3. The van der Waals surface area contributed by atoms with E-state index >= 15 is 0 Å². The minimum absolute atomic E-state index is 0.206. The smallest absolute Gasteiger partial charge is 0.265 e. The molecule has 2 aromatic rings. The van der Waals surface area contributed by atoms with Gasteiger partial charge in [0.2, 0.25) is 15.9 Å². The molecule has 4 atom stereocenters. The lowest BCUT2D eigenvalue weighted by Gasteiger charge is -2.51. The average Bonchev–Trinajstić information content (AvgIpc) is 3.65. The Morgan fingerprint density at radius 1 is 1.00 bits per heavy atom. The molecule has 2 saturated heterocycles. The first kappa shape index (κ1) is 30.0. The summed E-state index contributed by atoms with van der Waals surface area (Å²) >= 11 is 0. The molecule has 9 nitrogen and oxygen atoms in total. The molecule has 2 amide bonds. The highest BCUT2D eigenvalue weighted by Gasteiger charge is 2.50. The van der Waals surface area contributed by atoms with Gasteiger partial charge in [0, 0.05) is 48.7 Å². The number of carbonyl (C=O) groups excluding carboxylic acids is 2. The van der Waals surface area contributed by atoms with Crippen molar-refractivity contribution < 1.29 is 22.7 Å². The van der Waals surface area contributed by atoms with Crippen LogP contribution in [0.3, 0.4) is 0 Å². The first-order valence-electron chi connectivity index (χ1n) is 17.0. The number of amides is 2. The second-order valence-electron chi connectivity index (χ2n) is 14.4. The predicted molar refractivity (Wildman–Crippen MR) is 177 cm³/mol. The van der Waals surface area contributed by atoms with E-state index in [4.69, 9.17) is 4.74 Å². The van der Waals surface area contributed by atoms with Crippen molar-refractivity contribution in [2.75, 3.05) is 33.5 Å². The van der Waals surface area contributed by atoms with Crippen LogP contribution in [0.1, 0.15) is 80.9 Å². The van der Waals surface area contributed by atoms with Crippen LogP contribution in [-0.2, 0) is 26.2 Å².